The molecule has 10 heteroatoms. The van der Waals surface area contributed by atoms with Crippen molar-refractivity contribution >= 4 is 29.2 Å². The minimum absolute atomic E-state index is 0.0701. The molecule has 0 radical (unpaired) electrons. The van der Waals surface area contributed by atoms with E-state index >= 15 is 0 Å². The van der Waals surface area contributed by atoms with Crippen LogP contribution in [0.15, 0.2) is 30.5 Å². The third-order valence-electron chi connectivity index (χ3n) is 4.93. The first-order valence-electron chi connectivity index (χ1n) is 9.16. The smallest absolute Gasteiger partial charge is 0.319 e. The van der Waals surface area contributed by atoms with Crippen LogP contribution in [0.1, 0.15) is 18.5 Å². The van der Waals surface area contributed by atoms with Gasteiger partial charge in [-0.15, -0.1) is 5.10 Å². The second-order valence-electron chi connectivity index (χ2n) is 6.91. The number of nitrogens with zero attached hydrogens (tertiary/aromatic N) is 4. The molecule has 1 aromatic carbocycles. The normalized spacial score (nSPS) is 17.8. The fraction of sp³-hybridized carbons (Fsp3) is 0.444. The number of aromatic nitrogens is 3. The Hall–Kier alpha value is -2.65. The van der Waals surface area contributed by atoms with Crippen LogP contribution in [0.5, 0.6) is 0 Å². The number of morpholine rings is 1. The predicted molar refractivity (Wildman–Crippen MR) is 102 cm³/mol. The first-order valence-corrected chi connectivity index (χ1v) is 9.54. The standard InChI is InChI=1S/C18H21ClN6O3/c19-13-1-3-14(4-2-13)21-17(27)20-11-15-12-25(23-22-15)18(5-6-18)16(26)24-7-9-28-10-8-24/h1-4,12H,5-11H2,(H2,20,21,27). The highest BCUT2D eigenvalue weighted by Crippen LogP contribution is 2.44. The molecule has 1 aliphatic carbocycles. The predicted octanol–water partition coefficient (Wildman–Crippen LogP) is 1.60. The van der Waals surface area contributed by atoms with Crippen LogP contribution in [-0.2, 0) is 21.6 Å². The maximum atomic E-state index is 12.9. The van der Waals surface area contributed by atoms with Crippen LogP contribution < -0.4 is 10.6 Å². The van der Waals surface area contributed by atoms with Crippen molar-refractivity contribution in [3.63, 3.8) is 0 Å². The van der Waals surface area contributed by atoms with Gasteiger partial charge in [-0.2, -0.15) is 0 Å². The molecule has 3 amide bonds. The minimum Gasteiger partial charge on any atom is -0.378 e. The molecule has 1 saturated carbocycles. The van der Waals surface area contributed by atoms with Crippen molar-refractivity contribution in [2.45, 2.75) is 24.9 Å². The van der Waals surface area contributed by atoms with E-state index in [0.29, 0.717) is 42.7 Å². The highest BCUT2D eigenvalue weighted by molar-refractivity contribution is 6.30. The van der Waals surface area contributed by atoms with Gasteiger partial charge in [0, 0.05) is 23.8 Å². The number of urea groups is 1. The fourth-order valence-electron chi connectivity index (χ4n) is 3.19. The summed E-state index contributed by atoms with van der Waals surface area (Å²) in [5, 5.41) is 14.3. The maximum absolute atomic E-state index is 12.9. The van der Waals surface area contributed by atoms with Gasteiger partial charge < -0.3 is 20.3 Å². The van der Waals surface area contributed by atoms with Crippen molar-refractivity contribution in [1.82, 2.24) is 25.2 Å². The topological polar surface area (TPSA) is 101 Å². The summed E-state index contributed by atoms with van der Waals surface area (Å²) < 4.78 is 6.95. The highest BCUT2D eigenvalue weighted by atomic mass is 35.5. The molecule has 1 aliphatic heterocycles. The number of halogens is 1. The lowest BCUT2D eigenvalue weighted by atomic mass is 10.2. The zero-order chi connectivity index (χ0) is 19.6. The Bertz CT molecular complexity index is 858. The molecule has 0 spiro atoms. The summed E-state index contributed by atoms with van der Waals surface area (Å²) >= 11 is 5.83. The molecule has 0 unspecified atom stereocenters. The van der Waals surface area contributed by atoms with E-state index < -0.39 is 5.54 Å². The summed E-state index contributed by atoms with van der Waals surface area (Å²) in [6.45, 7) is 2.55. The zero-order valence-electron chi connectivity index (χ0n) is 15.2. The van der Waals surface area contributed by atoms with E-state index in [-0.39, 0.29) is 18.5 Å². The quantitative estimate of drug-likeness (QED) is 0.788. The second kappa shape index (κ2) is 7.76. The first-order chi connectivity index (χ1) is 13.6. The van der Waals surface area contributed by atoms with Crippen LogP contribution in [0.3, 0.4) is 0 Å². The number of hydrogen-bond acceptors (Lipinski definition) is 5. The molecule has 2 aromatic rings. The molecule has 2 fully saturated rings. The summed E-state index contributed by atoms with van der Waals surface area (Å²) in [5.41, 5.74) is 0.597. The van der Waals surface area contributed by atoms with Gasteiger partial charge in [-0.3, -0.25) is 4.79 Å². The van der Waals surface area contributed by atoms with Gasteiger partial charge in [0.15, 0.2) is 0 Å². The number of ether oxygens (including phenoxy) is 1. The lowest BCUT2D eigenvalue weighted by molar-refractivity contribution is -0.140. The minimum atomic E-state index is -0.631. The monoisotopic (exact) mass is 404 g/mol. The van der Waals surface area contributed by atoms with E-state index in [1.165, 1.54) is 0 Å². The maximum Gasteiger partial charge on any atom is 0.319 e. The van der Waals surface area contributed by atoms with E-state index in [2.05, 4.69) is 20.9 Å². The second-order valence-corrected chi connectivity index (χ2v) is 7.34. The van der Waals surface area contributed by atoms with Crippen molar-refractivity contribution in [3.8, 4) is 0 Å². The molecular weight excluding hydrogens is 384 g/mol. The van der Waals surface area contributed by atoms with Crippen molar-refractivity contribution in [3.05, 3.63) is 41.2 Å². The molecule has 9 nitrogen and oxygen atoms in total. The van der Waals surface area contributed by atoms with E-state index in [1.807, 2.05) is 4.90 Å². The molecule has 1 saturated heterocycles. The van der Waals surface area contributed by atoms with Crippen LogP contribution in [0, 0.1) is 0 Å². The van der Waals surface area contributed by atoms with Crippen LogP contribution >= 0.6 is 11.6 Å². The first kappa shape index (κ1) is 18.7. The third-order valence-corrected chi connectivity index (χ3v) is 5.18. The summed E-state index contributed by atoms with van der Waals surface area (Å²) in [4.78, 5) is 26.7. The number of carbonyl (C=O) groups excluding carboxylic acids is 2. The number of carbonyl (C=O) groups is 2. The van der Waals surface area contributed by atoms with Crippen molar-refractivity contribution in [2.24, 2.45) is 0 Å². The fourth-order valence-corrected chi connectivity index (χ4v) is 3.31. The van der Waals surface area contributed by atoms with Gasteiger partial charge in [-0.1, -0.05) is 16.8 Å². The lowest BCUT2D eigenvalue weighted by Gasteiger charge is -2.30. The number of benzene rings is 1. The van der Waals surface area contributed by atoms with Gasteiger partial charge in [0.1, 0.15) is 11.2 Å². The number of anilines is 1. The molecule has 0 atom stereocenters. The highest BCUT2D eigenvalue weighted by Gasteiger charge is 2.54. The molecule has 2 heterocycles. The van der Waals surface area contributed by atoms with E-state index in [4.69, 9.17) is 16.3 Å². The SMILES string of the molecule is O=C(NCc1cn(C2(C(=O)N3CCOCC3)CC2)nn1)Nc1ccc(Cl)cc1. The largest absolute Gasteiger partial charge is 0.378 e. The van der Waals surface area contributed by atoms with Crippen molar-refractivity contribution in [2.75, 3.05) is 31.6 Å². The molecule has 2 aliphatic rings. The van der Waals surface area contributed by atoms with E-state index in [9.17, 15) is 9.59 Å². The van der Waals surface area contributed by atoms with Crippen molar-refractivity contribution < 1.29 is 14.3 Å². The molecule has 0 bridgehead atoms. The van der Waals surface area contributed by atoms with Crippen LogP contribution in [0.25, 0.3) is 0 Å². The molecule has 2 N–H and O–H groups in total. The van der Waals surface area contributed by atoms with Crippen LogP contribution in [0.4, 0.5) is 10.5 Å². The Labute approximate surface area is 167 Å². The Morgan fingerprint density at radius 3 is 2.57 bits per heavy atom. The average Bonchev–Trinajstić information content (AvgIpc) is 3.39. The van der Waals surface area contributed by atoms with Gasteiger partial charge in [0.05, 0.1) is 26.0 Å². The van der Waals surface area contributed by atoms with Crippen LogP contribution in [-0.4, -0.2) is 58.1 Å². The third kappa shape index (κ3) is 3.95. The number of nitrogens with one attached hydrogen (secondary N) is 2. The van der Waals surface area contributed by atoms with Gasteiger partial charge in [0.2, 0.25) is 0 Å². The van der Waals surface area contributed by atoms with Gasteiger partial charge in [-0.25, -0.2) is 9.48 Å². The Morgan fingerprint density at radius 1 is 1.18 bits per heavy atom. The summed E-state index contributed by atoms with van der Waals surface area (Å²) in [6.07, 6.45) is 3.22. The summed E-state index contributed by atoms with van der Waals surface area (Å²) in [5.74, 6) is 0.0701. The zero-order valence-corrected chi connectivity index (χ0v) is 16.0. The number of amides is 3. The molecule has 1 aromatic heterocycles. The Morgan fingerprint density at radius 2 is 1.89 bits per heavy atom. The molecule has 4 rings (SSSR count). The molecular formula is C18H21ClN6O3. The van der Waals surface area contributed by atoms with E-state index in [1.54, 1.807) is 35.1 Å². The number of hydrogen-bond donors (Lipinski definition) is 2. The Balaban J connectivity index is 1.33. The lowest BCUT2D eigenvalue weighted by Crippen LogP contribution is -2.47. The van der Waals surface area contributed by atoms with Gasteiger partial charge in [0.25, 0.3) is 5.91 Å². The van der Waals surface area contributed by atoms with Gasteiger partial charge in [-0.05, 0) is 37.1 Å². The van der Waals surface area contributed by atoms with Crippen LogP contribution in [0.2, 0.25) is 5.02 Å². The summed E-state index contributed by atoms with van der Waals surface area (Å²) in [7, 11) is 0. The number of rotatable bonds is 5. The Kier molecular flexibility index (Phi) is 5.19. The van der Waals surface area contributed by atoms with E-state index in [0.717, 1.165) is 12.8 Å². The van der Waals surface area contributed by atoms with Crippen molar-refractivity contribution in [1.29, 1.82) is 0 Å². The molecule has 148 valence electrons. The average molecular weight is 405 g/mol. The summed E-state index contributed by atoms with van der Waals surface area (Å²) in [6, 6.07) is 6.47. The van der Waals surface area contributed by atoms with Gasteiger partial charge >= 0.3 is 6.03 Å². The molecule has 28 heavy (non-hydrogen) atoms.